The minimum atomic E-state index is -0.509. The average molecular weight is 168 g/mol. The van der Waals surface area contributed by atoms with Crippen molar-refractivity contribution in [2.45, 2.75) is 13.0 Å². The Labute approximate surface area is 73.9 Å². The van der Waals surface area contributed by atoms with E-state index in [1.165, 1.54) is 0 Å². The van der Waals surface area contributed by atoms with E-state index < -0.39 is 6.10 Å². The van der Waals surface area contributed by atoms with Crippen LogP contribution in [0.15, 0.2) is 36.5 Å². The van der Waals surface area contributed by atoms with Crippen LogP contribution in [0.3, 0.4) is 0 Å². The molecule has 0 aromatic heterocycles. The van der Waals surface area contributed by atoms with Crippen molar-refractivity contribution in [3.63, 3.8) is 0 Å². The summed E-state index contributed by atoms with van der Waals surface area (Å²) < 4.78 is 4.74. The van der Waals surface area contributed by atoms with Crippen molar-refractivity contribution < 1.29 is 9.84 Å². The predicted octanol–water partition coefficient (Wildman–Crippen LogP) is 1.68. The Bertz CT molecular complexity index is 169. The molecule has 0 saturated carbocycles. The zero-order valence-electron chi connectivity index (χ0n) is 7.60. The summed E-state index contributed by atoms with van der Waals surface area (Å²) in [6, 6.07) is 0. The van der Waals surface area contributed by atoms with Gasteiger partial charge in [0.2, 0.25) is 0 Å². The summed E-state index contributed by atoms with van der Waals surface area (Å²) in [6.45, 7) is 2.29. The quantitative estimate of drug-likeness (QED) is 0.633. The fourth-order valence-electron chi connectivity index (χ4n) is 0.658. The second-order valence-electron chi connectivity index (χ2n) is 2.32. The fraction of sp³-hybridized carbons (Fsp3) is 0.400. The minimum absolute atomic E-state index is 0.341. The average Bonchev–Trinajstić information content (AvgIpc) is 2.05. The van der Waals surface area contributed by atoms with Crippen LogP contribution in [0.1, 0.15) is 6.92 Å². The lowest BCUT2D eigenvalue weighted by atomic mass is 10.3. The van der Waals surface area contributed by atoms with Crippen molar-refractivity contribution in [2.24, 2.45) is 0 Å². The van der Waals surface area contributed by atoms with E-state index in [0.29, 0.717) is 6.61 Å². The standard InChI is InChI=1S/C10H16O2/c1-3-4-5-6-7-8-10(11)9-12-2/h3-8,10-11H,9H2,1-2H3/b4-3-,6-5-,8-7+. The van der Waals surface area contributed by atoms with Crippen molar-refractivity contribution in [1.82, 2.24) is 0 Å². The number of aliphatic hydroxyl groups is 1. The Kier molecular flexibility index (Phi) is 7.65. The van der Waals surface area contributed by atoms with Crippen molar-refractivity contribution >= 4 is 0 Å². The van der Waals surface area contributed by atoms with Gasteiger partial charge < -0.3 is 9.84 Å². The molecule has 12 heavy (non-hydrogen) atoms. The van der Waals surface area contributed by atoms with Gasteiger partial charge in [0.15, 0.2) is 0 Å². The van der Waals surface area contributed by atoms with E-state index >= 15 is 0 Å². The van der Waals surface area contributed by atoms with Crippen molar-refractivity contribution in [3.8, 4) is 0 Å². The number of hydrogen-bond donors (Lipinski definition) is 1. The topological polar surface area (TPSA) is 29.5 Å². The molecule has 1 N–H and O–H groups in total. The fourth-order valence-corrected chi connectivity index (χ4v) is 0.658. The number of hydrogen-bond acceptors (Lipinski definition) is 2. The third-order valence-corrected chi connectivity index (χ3v) is 1.20. The highest BCUT2D eigenvalue weighted by Crippen LogP contribution is 1.87. The van der Waals surface area contributed by atoms with Gasteiger partial charge >= 0.3 is 0 Å². The first-order valence-electron chi connectivity index (χ1n) is 3.94. The largest absolute Gasteiger partial charge is 0.387 e. The van der Waals surface area contributed by atoms with Crippen LogP contribution in [0.5, 0.6) is 0 Å². The van der Waals surface area contributed by atoms with Gasteiger partial charge in [0.1, 0.15) is 0 Å². The zero-order valence-corrected chi connectivity index (χ0v) is 7.60. The Balaban J connectivity index is 3.59. The summed E-state index contributed by atoms with van der Waals surface area (Å²) in [7, 11) is 1.56. The molecule has 0 aliphatic rings. The van der Waals surface area contributed by atoms with Crippen LogP contribution in [0.4, 0.5) is 0 Å². The number of methoxy groups -OCH3 is 1. The molecule has 0 amide bonds. The molecule has 0 aliphatic heterocycles. The van der Waals surface area contributed by atoms with Crippen LogP contribution in [-0.2, 0) is 4.74 Å². The van der Waals surface area contributed by atoms with E-state index in [9.17, 15) is 0 Å². The summed E-state index contributed by atoms with van der Waals surface area (Å²) >= 11 is 0. The minimum Gasteiger partial charge on any atom is -0.387 e. The van der Waals surface area contributed by atoms with E-state index in [2.05, 4.69) is 0 Å². The van der Waals surface area contributed by atoms with Gasteiger partial charge in [-0.2, -0.15) is 0 Å². The summed E-state index contributed by atoms with van der Waals surface area (Å²) in [6.07, 6.45) is 10.6. The van der Waals surface area contributed by atoms with Gasteiger partial charge in [0, 0.05) is 7.11 Å². The van der Waals surface area contributed by atoms with E-state index in [1.54, 1.807) is 19.3 Å². The van der Waals surface area contributed by atoms with E-state index in [4.69, 9.17) is 9.84 Å². The molecule has 0 rings (SSSR count). The van der Waals surface area contributed by atoms with E-state index in [0.717, 1.165) is 0 Å². The Hall–Kier alpha value is -0.860. The summed E-state index contributed by atoms with van der Waals surface area (Å²) in [4.78, 5) is 0. The SMILES string of the molecule is C\C=C/C=C\C=C\C(O)COC. The van der Waals surface area contributed by atoms with Gasteiger partial charge in [-0.05, 0) is 6.92 Å². The first-order chi connectivity index (χ1) is 5.81. The molecule has 0 saturated heterocycles. The predicted molar refractivity (Wildman–Crippen MR) is 51.0 cm³/mol. The molecular formula is C10H16O2. The molecule has 1 unspecified atom stereocenters. The van der Waals surface area contributed by atoms with Crippen LogP contribution in [0, 0.1) is 0 Å². The lowest BCUT2D eigenvalue weighted by molar-refractivity contribution is 0.0933. The number of rotatable bonds is 5. The monoisotopic (exact) mass is 168 g/mol. The van der Waals surface area contributed by atoms with Gasteiger partial charge in [-0.25, -0.2) is 0 Å². The maximum Gasteiger partial charge on any atom is 0.0957 e. The lowest BCUT2D eigenvalue weighted by Crippen LogP contribution is -2.09. The van der Waals surface area contributed by atoms with Crippen molar-refractivity contribution in [2.75, 3.05) is 13.7 Å². The molecule has 0 fully saturated rings. The van der Waals surface area contributed by atoms with E-state index in [1.807, 2.05) is 31.2 Å². The second-order valence-corrected chi connectivity index (χ2v) is 2.32. The number of allylic oxidation sites excluding steroid dienone is 5. The highest BCUT2D eigenvalue weighted by Gasteiger charge is 1.93. The molecule has 1 atom stereocenters. The normalized spacial score (nSPS) is 15.2. The van der Waals surface area contributed by atoms with Gasteiger partial charge in [-0.1, -0.05) is 36.5 Å². The third kappa shape index (κ3) is 7.25. The van der Waals surface area contributed by atoms with Crippen LogP contribution < -0.4 is 0 Å². The molecule has 0 aliphatic carbocycles. The third-order valence-electron chi connectivity index (χ3n) is 1.20. The Morgan fingerprint density at radius 1 is 1.25 bits per heavy atom. The van der Waals surface area contributed by atoms with Gasteiger partial charge in [-0.15, -0.1) is 0 Å². The van der Waals surface area contributed by atoms with Gasteiger partial charge in [0.25, 0.3) is 0 Å². The molecular weight excluding hydrogens is 152 g/mol. The summed E-state index contributed by atoms with van der Waals surface area (Å²) in [5.74, 6) is 0. The van der Waals surface area contributed by atoms with E-state index in [-0.39, 0.29) is 0 Å². The number of aliphatic hydroxyl groups excluding tert-OH is 1. The molecule has 2 nitrogen and oxygen atoms in total. The van der Waals surface area contributed by atoms with Crippen LogP contribution in [-0.4, -0.2) is 24.9 Å². The maximum atomic E-state index is 9.14. The molecule has 2 heteroatoms. The van der Waals surface area contributed by atoms with Crippen LogP contribution in [0.2, 0.25) is 0 Å². The first kappa shape index (κ1) is 11.1. The highest BCUT2D eigenvalue weighted by atomic mass is 16.5. The maximum absolute atomic E-state index is 9.14. The molecule has 0 aromatic carbocycles. The lowest BCUT2D eigenvalue weighted by Gasteiger charge is -2.00. The molecule has 68 valence electrons. The smallest absolute Gasteiger partial charge is 0.0957 e. The summed E-state index contributed by atoms with van der Waals surface area (Å²) in [5, 5.41) is 9.14. The van der Waals surface area contributed by atoms with Crippen molar-refractivity contribution in [3.05, 3.63) is 36.5 Å². The Morgan fingerprint density at radius 3 is 2.50 bits per heavy atom. The molecule has 0 heterocycles. The van der Waals surface area contributed by atoms with Crippen LogP contribution >= 0.6 is 0 Å². The number of ether oxygens (including phenoxy) is 1. The molecule has 0 spiro atoms. The van der Waals surface area contributed by atoms with Crippen molar-refractivity contribution in [1.29, 1.82) is 0 Å². The van der Waals surface area contributed by atoms with Crippen LogP contribution in [0.25, 0.3) is 0 Å². The second kappa shape index (κ2) is 8.24. The molecule has 0 bridgehead atoms. The van der Waals surface area contributed by atoms with Gasteiger partial charge in [0.05, 0.1) is 12.7 Å². The Morgan fingerprint density at radius 2 is 1.92 bits per heavy atom. The molecule has 0 aromatic rings. The van der Waals surface area contributed by atoms with Gasteiger partial charge in [-0.3, -0.25) is 0 Å². The molecule has 0 radical (unpaired) electrons. The first-order valence-corrected chi connectivity index (χ1v) is 3.94. The summed E-state index contributed by atoms with van der Waals surface area (Å²) in [5.41, 5.74) is 0. The zero-order chi connectivity index (χ0) is 9.23. The highest BCUT2D eigenvalue weighted by molar-refractivity contribution is 5.11.